The van der Waals surface area contributed by atoms with Crippen molar-refractivity contribution >= 4 is 0 Å². The number of nitrogens with two attached hydrogens (primary N) is 1. The fourth-order valence-corrected chi connectivity index (χ4v) is 3.06. The number of benzene rings is 2. The van der Waals surface area contributed by atoms with Gasteiger partial charge in [0.2, 0.25) is 0 Å². The molecular weight excluding hydrogens is 260 g/mol. The highest BCUT2D eigenvalue weighted by Gasteiger charge is 2.30. The van der Waals surface area contributed by atoms with Crippen LogP contribution < -0.4 is 15.8 Å². The molecule has 1 aliphatic rings. The van der Waals surface area contributed by atoms with Crippen molar-refractivity contribution in [3.05, 3.63) is 65.2 Å². The zero-order chi connectivity index (χ0) is 14.7. The number of fused-ring (bicyclic) bond motifs is 1. The third-order valence-electron chi connectivity index (χ3n) is 4.28. The SMILES string of the molecule is CNC1COc2ccc(CN)cc2C1Cc1ccccc1. The fraction of sp³-hybridized carbons (Fsp3) is 0.333. The fourth-order valence-electron chi connectivity index (χ4n) is 3.06. The zero-order valence-corrected chi connectivity index (χ0v) is 12.4. The largest absolute Gasteiger partial charge is 0.492 e. The first-order valence-corrected chi connectivity index (χ1v) is 7.48. The van der Waals surface area contributed by atoms with Crippen molar-refractivity contribution in [3.8, 4) is 5.75 Å². The molecule has 0 aromatic heterocycles. The molecule has 3 N–H and O–H groups in total. The zero-order valence-electron chi connectivity index (χ0n) is 12.4. The van der Waals surface area contributed by atoms with Crippen LogP contribution in [0.15, 0.2) is 48.5 Å². The third kappa shape index (κ3) is 2.94. The van der Waals surface area contributed by atoms with Gasteiger partial charge in [-0.05, 0) is 36.2 Å². The maximum absolute atomic E-state index is 5.89. The van der Waals surface area contributed by atoms with Crippen LogP contribution in [0.25, 0.3) is 0 Å². The first-order valence-electron chi connectivity index (χ1n) is 7.48. The molecule has 3 heteroatoms. The summed E-state index contributed by atoms with van der Waals surface area (Å²) in [6.45, 7) is 1.28. The van der Waals surface area contributed by atoms with Gasteiger partial charge in [-0.1, -0.05) is 42.5 Å². The summed E-state index contributed by atoms with van der Waals surface area (Å²) < 4.78 is 5.89. The van der Waals surface area contributed by atoms with Gasteiger partial charge in [0.05, 0.1) is 0 Å². The summed E-state index contributed by atoms with van der Waals surface area (Å²) in [5.41, 5.74) is 9.58. The maximum Gasteiger partial charge on any atom is 0.122 e. The Morgan fingerprint density at radius 1 is 1.14 bits per heavy atom. The lowest BCUT2D eigenvalue weighted by Gasteiger charge is -2.34. The molecule has 2 aromatic rings. The Balaban J connectivity index is 1.96. The van der Waals surface area contributed by atoms with E-state index in [0.717, 1.165) is 17.7 Å². The molecule has 2 aromatic carbocycles. The third-order valence-corrected chi connectivity index (χ3v) is 4.28. The predicted molar refractivity (Wildman–Crippen MR) is 85.6 cm³/mol. The van der Waals surface area contributed by atoms with Gasteiger partial charge in [0.1, 0.15) is 12.4 Å². The minimum Gasteiger partial charge on any atom is -0.492 e. The second-order valence-corrected chi connectivity index (χ2v) is 5.58. The molecular formula is C18H22N2O. The van der Waals surface area contributed by atoms with E-state index in [1.165, 1.54) is 11.1 Å². The van der Waals surface area contributed by atoms with Gasteiger partial charge < -0.3 is 15.8 Å². The summed E-state index contributed by atoms with van der Waals surface area (Å²) in [5.74, 6) is 1.41. The lowest BCUT2D eigenvalue weighted by atomic mass is 9.83. The molecule has 0 radical (unpaired) electrons. The van der Waals surface area contributed by atoms with E-state index in [-0.39, 0.29) is 0 Å². The number of ether oxygens (including phenoxy) is 1. The molecule has 0 saturated heterocycles. The Hall–Kier alpha value is -1.84. The van der Waals surface area contributed by atoms with Crippen LogP contribution in [-0.2, 0) is 13.0 Å². The number of hydrogen-bond donors (Lipinski definition) is 2. The van der Waals surface area contributed by atoms with Gasteiger partial charge in [0, 0.05) is 18.5 Å². The number of nitrogens with one attached hydrogen (secondary N) is 1. The number of rotatable bonds is 4. The van der Waals surface area contributed by atoms with Crippen LogP contribution >= 0.6 is 0 Å². The van der Waals surface area contributed by atoms with Crippen molar-refractivity contribution in [2.75, 3.05) is 13.7 Å². The molecule has 110 valence electrons. The van der Waals surface area contributed by atoms with Crippen molar-refractivity contribution in [1.82, 2.24) is 5.32 Å². The summed E-state index contributed by atoms with van der Waals surface area (Å²) in [5, 5.41) is 3.40. The Kier molecular flexibility index (Phi) is 4.23. The first-order chi connectivity index (χ1) is 10.3. The number of hydrogen-bond acceptors (Lipinski definition) is 3. The summed E-state index contributed by atoms with van der Waals surface area (Å²) in [6.07, 6.45) is 1.01. The average Bonchev–Trinajstić information content (AvgIpc) is 2.55. The summed E-state index contributed by atoms with van der Waals surface area (Å²) in [7, 11) is 2.00. The van der Waals surface area contributed by atoms with Crippen LogP contribution in [0.1, 0.15) is 22.6 Å². The van der Waals surface area contributed by atoms with E-state index in [4.69, 9.17) is 10.5 Å². The van der Waals surface area contributed by atoms with E-state index in [2.05, 4.69) is 53.8 Å². The molecule has 1 aliphatic heterocycles. The summed E-state index contributed by atoms with van der Waals surface area (Å²) in [4.78, 5) is 0. The standard InChI is InChI=1S/C18H22N2O/c1-20-17-12-21-18-8-7-14(11-19)10-16(18)15(17)9-13-5-3-2-4-6-13/h2-8,10,15,17,20H,9,11-12,19H2,1H3. The predicted octanol–water partition coefficient (Wildman–Crippen LogP) is 2.45. The van der Waals surface area contributed by atoms with Crippen LogP contribution in [0.5, 0.6) is 5.75 Å². The highest BCUT2D eigenvalue weighted by atomic mass is 16.5. The van der Waals surface area contributed by atoms with Crippen LogP contribution in [0, 0.1) is 0 Å². The average molecular weight is 282 g/mol. The lowest BCUT2D eigenvalue weighted by Crippen LogP contribution is -2.41. The molecule has 3 rings (SSSR count). The molecule has 0 bridgehead atoms. The van der Waals surface area contributed by atoms with Gasteiger partial charge in [-0.25, -0.2) is 0 Å². The number of likely N-dealkylation sites (N-methyl/N-ethyl adjacent to an activating group) is 1. The van der Waals surface area contributed by atoms with E-state index >= 15 is 0 Å². The molecule has 1 heterocycles. The van der Waals surface area contributed by atoms with Gasteiger partial charge in [-0.3, -0.25) is 0 Å². The molecule has 3 nitrogen and oxygen atoms in total. The quantitative estimate of drug-likeness (QED) is 0.905. The van der Waals surface area contributed by atoms with Crippen molar-refractivity contribution in [3.63, 3.8) is 0 Å². The van der Waals surface area contributed by atoms with Crippen molar-refractivity contribution in [2.24, 2.45) is 5.73 Å². The Bertz CT molecular complexity index is 597. The minimum atomic E-state index is 0.325. The van der Waals surface area contributed by atoms with Gasteiger partial charge in [0.25, 0.3) is 0 Å². The van der Waals surface area contributed by atoms with Crippen LogP contribution in [0.2, 0.25) is 0 Å². The van der Waals surface area contributed by atoms with Crippen LogP contribution in [-0.4, -0.2) is 19.7 Å². The molecule has 0 aliphatic carbocycles. The summed E-state index contributed by atoms with van der Waals surface area (Å²) in [6, 6.07) is 17.3. The van der Waals surface area contributed by atoms with E-state index in [0.29, 0.717) is 25.1 Å². The Morgan fingerprint density at radius 2 is 1.95 bits per heavy atom. The Labute approximate surface area is 126 Å². The monoisotopic (exact) mass is 282 g/mol. The first kappa shape index (κ1) is 14.1. The minimum absolute atomic E-state index is 0.325. The highest BCUT2D eigenvalue weighted by molar-refractivity contribution is 5.43. The molecule has 0 saturated carbocycles. The normalized spacial score (nSPS) is 20.7. The van der Waals surface area contributed by atoms with Gasteiger partial charge in [-0.2, -0.15) is 0 Å². The molecule has 2 unspecified atom stereocenters. The van der Waals surface area contributed by atoms with E-state index in [1.807, 2.05) is 7.05 Å². The molecule has 0 amide bonds. The maximum atomic E-state index is 5.89. The van der Waals surface area contributed by atoms with Crippen molar-refractivity contribution in [1.29, 1.82) is 0 Å². The van der Waals surface area contributed by atoms with E-state index in [9.17, 15) is 0 Å². The lowest BCUT2D eigenvalue weighted by molar-refractivity contribution is 0.218. The smallest absolute Gasteiger partial charge is 0.122 e. The van der Waals surface area contributed by atoms with Crippen LogP contribution in [0.3, 0.4) is 0 Å². The second-order valence-electron chi connectivity index (χ2n) is 5.58. The van der Waals surface area contributed by atoms with Gasteiger partial charge >= 0.3 is 0 Å². The van der Waals surface area contributed by atoms with E-state index in [1.54, 1.807) is 0 Å². The van der Waals surface area contributed by atoms with Crippen molar-refractivity contribution in [2.45, 2.75) is 24.9 Å². The topological polar surface area (TPSA) is 47.3 Å². The molecule has 0 fully saturated rings. The van der Waals surface area contributed by atoms with Crippen LogP contribution in [0.4, 0.5) is 0 Å². The van der Waals surface area contributed by atoms with Gasteiger partial charge in [0.15, 0.2) is 0 Å². The molecule has 0 spiro atoms. The van der Waals surface area contributed by atoms with Gasteiger partial charge in [-0.15, -0.1) is 0 Å². The molecule has 2 atom stereocenters. The second kappa shape index (κ2) is 6.29. The Morgan fingerprint density at radius 3 is 2.67 bits per heavy atom. The van der Waals surface area contributed by atoms with E-state index < -0.39 is 0 Å². The summed E-state index contributed by atoms with van der Waals surface area (Å²) >= 11 is 0. The van der Waals surface area contributed by atoms with Crippen molar-refractivity contribution < 1.29 is 4.74 Å². The highest BCUT2D eigenvalue weighted by Crippen LogP contribution is 2.36. The molecule has 21 heavy (non-hydrogen) atoms.